The molecule has 4 heterocycles. The first-order valence-electron chi connectivity index (χ1n) is 14.9. The van der Waals surface area contributed by atoms with Gasteiger partial charge in [0, 0.05) is 31.7 Å². The number of nitrogens with one attached hydrogen (secondary N) is 1. The van der Waals surface area contributed by atoms with E-state index in [2.05, 4.69) is 26.1 Å². The average Bonchev–Trinajstić information content (AvgIpc) is 3.23. The number of allylic oxidation sites excluding steroid dienone is 1. The van der Waals surface area contributed by atoms with E-state index in [1.807, 2.05) is 30.9 Å². The number of aliphatic hydroxyl groups excluding tert-OH is 1. The number of nitrogens with zero attached hydrogens (tertiary/aromatic N) is 2. The van der Waals surface area contributed by atoms with Crippen molar-refractivity contribution in [2.75, 3.05) is 26.2 Å². The van der Waals surface area contributed by atoms with Crippen molar-refractivity contribution < 1.29 is 33.8 Å². The van der Waals surface area contributed by atoms with Gasteiger partial charge in [0.15, 0.2) is 0 Å². The van der Waals surface area contributed by atoms with Crippen molar-refractivity contribution in [2.45, 2.75) is 103 Å². The van der Waals surface area contributed by atoms with E-state index in [1.54, 1.807) is 24.0 Å². The highest BCUT2D eigenvalue weighted by Gasteiger charge is 2.72. The van der Waals surface area contributed by atoms with Crippen molar-refractivity contribution in [3.8, 4) is 0 Å². The standard InChI is InChI=1S/C31H47N3O7/c1-20-18-32-22(36)13-8-7-12-21-23(28(39)40-20)24-26(37)33(15-9-10-17-35)25-27(38)34(16-11-14-31(24,25)41-21)30(5,6)19-29(2,3)4/h7,11-12,14,20-21,23-25,35H,8-10,13,15-19H2,1-6H3,(H,32,36)/b12-7-/t20-,21-,23+,24+,25-,31+/m1/s1. The van der Waals surface area contributed by atoms with Gasteiger partial charge in [-0.25, -0.2) is 0 Å². The van der Waals surface area contributed by atoms with E-state index in [9.17, 15) is 24.3 Å². The SMILES string of the molecule is C[C@@H]1CNC(=O)CC/C=C\[C@H]2O[C@]34C=CCN(C(C)(C)CC(C)(C)C)C(=O)[C@H]3N(CCCCO)C(=O)[C@@H]4[C@H]2C(=O)O1. The van der Waals surface area contributed by atoms with Crippen LogP contribution in [0.2, 0.25) is 0 Å². The van der Waals surface area contributed by atoms with Crippen LogP contribution in [0.25, 0.3) is 0 Å². The Morgan fingerprint density at radius 3 is 2.49 bits per heavy atom. The minimum atomic E-state index is -1.35. The topological polar surface area (TPSA) is 125 Å². The number of hydrogen-bond donors (Lipinski definition) is 2. The molecule has 3 amide bonds. The number of unbranched alkanes of at least 4 members (excludes halogenated alkanes) is 1. The lowest BCUT2D eigenvalue weighted by Crippen LogP contribution is -2.59. The maximum Gasteiger partial charge on any atom is 0.313 e. The quantitative estimate of drug-likeness (QED) is 0.284. The van der Waals surface area contributed by atoms with E-state index in [1.165, 1.54) is 0 Å². The van der Waals surface area contributed by atoms with Gasteiger partial charge in [0.05, 0.1) is 18.6 Å². The summed E-state index contributed by atoms with van der Waals surface area (Å²) in [5.74, 6) is -3.13. The van der Waals surface area contributed by atoms with Crippen LogP contribution >= 0.6 is 0 Å². The molecule has 4 rings (SSSR count). The molecule has 1 spiro atoms. The molecule has 6 atom stereocenters. The second-order valence-electron chi connectivity index (χ2n) is 13.7. The molecule has 4 aliphatic heterocycles. The summed E-state index contributed by atoms with van der Waals surface area (Å²) < 4.78 is 12.5. The number of aliphatic hydroxyl groups is 1. The van der Waals surface area contributed by atoms with E-state index in [0.29, 0.717) is 25.8 Å². The van der Waals surface area contributed by atoms with Crippen LogP contribution in [0.3, 0.4) is 0 Å². The molecule has 0 unspecified atom stereocenters. The highest BCUT2D eigenvalue weighted by Crippen LogP contribution is 2.53. The normalized spacial score (nSPS) is 33.7. The van der Waals surface area contributed by atoms with Gasteiger partial charge < -0.3 is 29.7 Å². The first kappa shape index (κ1) is 31.2. The van der Waals surface area contributed by atoms with Crippen molar-refractivity contribution in [3.05, 3.63) is 24.3 Å². The Kier molecular flexibility index (Phi) is 9.04. The molecule has 10 heteroatoms. The summed E-state index contributed by atoms with van der Waals surface area (Å²) >= 11 is 0. The van der Waals surface area contributed by atoms with Crippen LogP contribution in [-0.4, -0.2) is 94.2 Å². The molecule has 41 heavy (non-hydrogen) atoms. The first-order valence-corrected chi connectivity index (χ1v) is 14.9. The molecule has 0 aliphatic carbocycles. The van der Waals surface area contributed by atoms with E-state index < -0.39 is 47.2 Å². The molecule has 0 aromatic carbocycles. The van der Waals surface area contributed by atoms with Crippen LogP contribution in [0.1, 0.15) is 73.6 Å². The summed E-state index contributed by atoms with van der Waals surface area (Å²) in [5, 5.41) is 12.2. The fraction of sp³-hybridized carbons (Fsp3) is 0.742. The number of cyclic esters (lactones) is 1. The molecule has 0 bridgehead atoms. The number of hydrogen-bond acceptors (Lipinski definition) is 7. The van der Waals surface area contributed by atoms with E-state index in [-0.39, 0.29) is 49.3 Å². The molecule has 2 saturated heterocycles. The summed E-state index contributed by atoms with van der Waals surface area (Å²) in [7, 11) is 0. The zero-order valence-corrected chi connectivity index (χ0v) is 25.4. The molecule has 10 nitrogen and oxygen atoms in total. The molecular weight excluding hydrogens is 526 g/mol. The van der Waals surface area contributed by atoms with Crippen molar-refractivity contribution in [1.29, 1.82) is 0 Å². The van der Waals surface area contributed by atoms with Gasteiger partial charge in [-0.1, -0.05) is 45.1 Å². The Bertz CT molecular complexity index is 1090. The van der Waals surface area contributed by atoms with Gasteiger partial charge in [0.2, 0.25) is 17.7 Å². The molecule has 2 N–H and O–H groups in total. The van der Waals surface area contributed by atoms with Crippen molar-refractivity contribution >= 4 is 23.7 Å². The van der Waals surface area contributed by atoms with Gasteiger partial charge in [0.1, 0.15) is 23.7 Å². The smallest absolute Gasteiger partial charge is 0.313 e. The average molecular weight is 574 g/mol. The molecule has 4 aliphatic rings. The Morgan fingerprint density at radius 2 is 1.80 bits per heavy atom. The lowest BCUT2D eigenvalue weighted by Gasteiger charge is -2.44. The predicted molar refractivity (Wildman–Crippen MR) is 152 cm³/mol. The summed E-state index contributed by atoms with van der Waals surface area (Å²) in [6.45, 7) is 13.0. The summed E-state index contributed by atoms with van der Waals surface area (Å²) in [6.07, 6.45) is 8.35. The molecule has 2 fully saturated rings. The number of ether oxygens (including phenoxy) is 2. The lowest BCUT2D eigenvalue weighted by molar-refractivity contribution is -0.159. The number of fused-ring (bicyclic) bond motifs is 2. The highest BCUT2D eigenvalue weighted by atomic mass is 16.6. The maximum absolute atomic E-state index is 14.6. The van der Waals surface area contributed by atoms with Crippen molar-refractivity contribution in [2.24, 2.45) is 17.3 Å². The van der Waals surface area contributed by atoms with Crippen LogP contribution < -0.4 is 5.32 Å². The van der Waals surface area contributed by atoms with Gasteiger partial charge in [-0.15, -0.1) is 0 Å². The molecule has 228 valence electrons. The second kappa shape index (κ2) is 11.9. The largest absolute Gasteiger partial charge is 0.460 e. The van der Waals surface area contributed by atoms with Gasteiger partial charge in [0.25, 0.3) is 0 Å². The summed E-state index contributed by atoms with van der Waals surface area (Å²) in [5.41, 5.74) is -1.91. The summed E-state index contributed by atoms with van der Waals surface area (Å²) in [4.78, 5) is 58.1. The van der Waals surface area contributed by atoms with Crippen LogP contribution in [0.5, 0.6) is 0 Å². The maximum atomic E-state index is 14.6. The minimum Gasteiger partial charge on any atom is -0.460 e. The minimum absolute atomic E-state index is 0.0212. The molecule has 0 aromatic heterocycles. The van der Waals surface area contributed by atoms with Gasteiger partial charge in [-0.3, -0.25) is 19.2 Å². The van der Waals surface area contributed by atoms with Gasteiger partial charge in [-0.2, -0.15) is 0 Å². The Balaban J connectivity index is 1.78. The molecular formula is C31H47N3O7. The van der Waals surface area contributed by atoms with Crippen molar-refractivity contribution in [3.63, 3.8) is 0 Å². The number of carbonyl (C=O) groups is 4. The molecule has 0 radical (unpaired) electrons. The monoisotopic (exact) mass is 573 g/mol. The van der Waals surface area contributed by atoms with Crippen LogP contribution in [-0.2, 0) is 28.7 Å². The third-order valence-corrected chi connectivity index (χ3v) is 8.53. The zero-order chi connectivity index (χ0) is 30.2. The zero-order valence-electron chi connectivity index (χ0n) is 25.4. The Labute approximate surface area is 243 Å². The molecule has 0 aromatic rings. The fourth-order valence-electron chi connectivity index (χ4n) is 7.23. The molecule has 0 saturated carbocycles. The number of likely N-dealkylation sites (tertiary alicyclic amines) is 1. The van der Waals surface area contributed by atoms with E-state index in [4.69, 9.17) is 9.47 Å². The third-order valence-electron chi connectivity index (χ3n) is 8.53. The van der Waals surface area contributed by atoms with E-state index in [0.717, 1.165) is 6.42 Å². The van der Waals surface area contributed by atoms with Gasteiger partial charge >= 0.3 is 5.97 Å². The number of esters is 1. The third kappa shape index (κ3) is 6.23. The number of carbonyl (C=O) groups excluding carboxylic acids is 4. The highest BCUT2D eigenvalue weighted by molar-refractivity contribution is 5.99. The Hall–Kier alpha value is -2.72. The van der Waals surface area contributed by atoms with Gasteiger partial charge in [-0.05, 0) is 51.9 Å². The Morgan fingerprint density at radius 1 is 1.07 bits per heavy atom. The summed E-state index contributed by atoms with van der Waals surface area (Å²) in [6, 6.07) is -0.957. The first-order chi connectivity index (χ1) is 19.2. The second-order valence-corrected chi connectivity index (χ2v) is 13.7. The number of rotatable bonds is 6. The van der Waals surface area contributed by atoms with Crippen LogP contribution in [0.15, 0.2) is 24.3 Å². The predicted octanol–water partition coefficient (Wildman–Crippen LogP) is 2.35. The van der Waals surface area contributed by atoms with Crippen LogP contribution in [0, 0.1) is 17.3 Å². The van der Waals surface area contributed by atoms with Crippen molar-refractivity contribution in [1.82, 2.24) is 15.1 Å². The van der Waals surface area contributed by atoms with E-state index >= 15 is 0 Å². The lowest BCUT2D eigenvalue weighted by atomic mass is 9.77. The van der Waals surface area contributed by atoms with Crippen LogP contribution in [0.4, 0.5) is 0 Å². The fourth-order valence-corrected chi connectivity index (χ4v) is 7.23. The number of amides is 3.